The number of rotatable bonds is 8. The zero-order valence-corrected chi connectivity index (χ0v) is 18.6. The summed E-state index contributed by atoms with van der Waals surface area (Å²) in [6, 6.07) is 9.00. The van der Waals surface area contributed by atoms with Gasteiger partial charge in [0.2, 0.25) is 0 Å². The summed E-state index contributed by atoms with van der Waals surface area (Å²) >= 11 is 0. The van der Waals surface area contributed by atoms with Crippen LogP contribution in [0.3, 0.4) is 0 Å². The summed E-state index contributed by atoms with van der Waals surface area (Å²) in [4.78, 5) is 12.2. The Hall–Kier alpha value is -1.63. The van der Waals surface area contributed by atoms with Crippen LogP contribution in [0.25, 0.3) is 0 Å². The number of piperazine rings is 1. The molecule has 1 aromatic carbocycles. The third-order valence-corrected chi connectivity index (χ3v) is 6.01. The van der Waals surface area contributed by atoms with E-state index in [1.165, 1.54) is 43.9 Å². The highest BCUT2D eigenvalue weighted by Crippen LogP contribution is 2.14. The van der Waals surface area contributed by atoms with Crippen molar-refractivity contribution >= 4 is 5.96 Å². The van der Waals surface area contributed by atoms with E-state index in [9.17, 15) is 0 Å². The summed E-state index contributed by atoms with van der Waals surface area (Å²) in [5.41, 5.74) is 2.66. The lowest BCUT2D eigenvalue weighted by molar-refractivity contribution is 0.132. The topological polar surface area (TPSA) is 43.3 Å². The van der Waals surface area contributed by atoms with Crippen molar-refractivity contribution < 1.29 is 4.74 Å². The molecular weight excluding hydrogens is 362 g/mol. The summed E-state index contributed by atoms with van der Waals surface area (Å²) < 4.78 is 5.51. The summed E-state index contributed by atoms with van der Waals surface area (Å²) in [6.07, 6.45) is 1.15. The first-order valence-corrected chi connectivity index (χ1v) is 11.3. The van der Waals surface area contributed by atoms with Gasteiger partial charge in [-0.25, -0.2) is 4.99 Å². The molecule has 162 valence electrons. The Balaban J connectivity index is 1.50. The van der Waals surface area contributed by atoms with E-state index >= 15 is 0 Å². The first-order chi connectivity index (χ1) is 14.2. The highest BCUT2D eigenvalue weighted by atomic mass is 16.5. The molecule has 0 saturated carbocycles. The van der Waals surface area contributed by atoms with Crippen molar-refractivity contribution in [2.45, 2.75) is 33.4 Å². The van der Waals surface area contributed by atoms with Gasteiger partial charge >= 0.3 is 0 Å². The number of aliphatic imine (C=N–C) groups is 1. The Morgan fingerprint density at radius 2 is 1.79 bits per heavy atom. The van der Waals surface area contributed by atoms with Gasteiger partial charge < -0.3 is 19.9 Å². The minimum Gasteiger partial charge on any atom is -0.381 e. The minimum atomic E-state index is 0.613. The molecule has 6 nitrogen and oxygen atoms in total. The average molecular weight is 402 g/mol. The number of likely N-dealkylation sites (N-methyl/N-ethyl adjacent to an activating group) is 1. The van der Waals surface area contributed by atoms with Crippen LogP contribution in [-0.4, -0.2) is 86.7 Å². The second-order valence-electron chi connectivity index (χ2n) is 8.31. The molecule has 0 radical (unpaired) electrons. The van der Waals surface area contributed by atoms with Crippen molar-refractivity contribution in [3.05, 3.63) is 35.4 Å². The molecule has 1 N–H and O–H groups in total. The first kappa shape index (κ1) is 22.1. The van der Waals surface area contributed by atoms with E-state index in [0.717, 1.165) is 45.2 Å². The van der Waals surface area contributed by atoms with E-state index < -0.39 is 0 Å². The Labute approximate surface area is 176 Å². The largest absolute Gasteiger partial charge is 0.381 e. The molecule has 29 heavy (non-hydrogen) atoms. The van der Waals surface area contributed by atoms with Gasteiger partial charge in [-0.15, -0.1) is 0 Å². The maximum atomic E-state index is 5.51. The molecule has 2 aliphatic rings. The first-order valence-electron chi connectivity index (χ1n) is 11.3. The van der Waals surface area contributed by atoms with Gasteiger partial charge in [0.1, 0.15) is 0 Å². The van der Waals surface area contributed by atoms with Gasteiger partial charge in [-0.2, -0.15) is 0 Å². The van der Waals surface area contributed by atoms with Crippen LogP contribution in [-0.2, 0) is 17.8 Å². The Morgan fingerprint density at radius 3 is 2.41 bits per heavy atom. The van der Waals surface area contributed by atoms with Crippen molar-refractivity contribution in [3.8, 4) is 0 Å². The fraction of sp³-hybridized carbons (Fsp3) is 0.696. The number of guanidine groups is 1. The van der Waals surface area contributed by atoms with Gasteiger partial charge in [-0.05, 0) is 31.0 Å². The maximum Gasteiger partial charge on any atom is 0.193 e. The third-order valence-electron chi connectivity index (χ3n) is 6.01. The molecule has 2 aliphatic heterocycles. The zero-order valence-electron chi connectivity index (χ0n) is 18.6. The molecule has 2 saturated heterocycles. The van der Waals surface area contributed by atoms with Crippen LogP contribution in [0.15, 0.2) is 29.3 Å². The molecule has 0 amide bonds. The van der Waals surface area contributed by atoms with Crippen LogP contribution < -0.4 is 5.32 Å². The van der Waals surface area contributed by atoms with Crippen molar-refractivity contribution in [3.63, 3.8) is 0 Å². The molecular formula is C23H39N5O. The van der Waals surface area contributed by atoms with Crippen molar-refractivity contribution in [2.75, 3.05) is 66.1 Å². The maximum absolute atomic E-state index is 5.51. The van der Waals surface area contributed by atoms with Gasteiger partial charge in [0.25, 0.3) is 0 Å². The van der Waals surface area contributed by atoms with Crippen LogP contribution in [0, 0.1) is 5.92 Å². The van der Waals surface area contributed by atoms with Crippen LogP contribution in [0.4, 0.5) is 0 Å². The number of benzene rings is 1. The summed E-state index contributed by atoms with van der Waals surface area (Å²) in [6.45, 7) is 15.7. The minimum absolute atomic E-state index is 0.613. The van der Waals surface area contributed by atoms with E-state index in [2.05, 4.69) is 65.2 Å². The third kappa shape index (κ3) is 6.98. The molecule has 1 atom stereocenters. The second kappa shape index (κ2) is 11.5. The number of nitrogens with zero attached hydrogens (tertiary/aromatic N) is 4. The molecule has 0 bridgehead atoms. The molecule has 1 aromatic rings. The number of ether oxygens (including phenoxy) is 1. The summed E-state index contributed by atoms with van der Waals surface area (Å²) in [5, 5.41) is 3.42. The molecule has 3 rings (SSSR count). The van der Waals surface area contributed by atoms with Gasteiger partial charge in [0, 0.05) is 65.4 Å². The van der Waals surface area contributed by atoms with Crippen LogP contribution in [0.2, 0.25) is 0 Å². The quantitative estimate of drug-likeness (QED) is 0.535. The molecule has 2 heterocycles. The Bertz CT molecular complexity index is 619. The Morgan fingerprint density at radius 1 is 1.10 bits per heavy atom. The molecule has 1 unspecified atom stereocenters. The smallest absolute Gasteiger partial charge is 0.193 e. The predicted octanol–water partition coefficient (Wildman–Crippen LogP) is 2.26. The average Bonchev–Trinajstić information content (AvgIpc) is 3.25. The number of hydrogen-bond donors (Lipinski definition) is 1. The number of nitrogens with one attached hydrogen (secondary N) is 1. The van der Waals surface area contributed by atoms with Gasteiger partial charge in [0.05, 0.1) is 13.2 Å². The fourth-order valence-corrected chi connectivity index (χ4v) is 4.11. The lowest BCUT2D eigenvalue weighted by Gasteiger charge is -2.34. The lowest BCUT2D eigenvalue weighted by Crippen LogP contribution is -2.45. The van der Waals surface area contributed by atoms with E-state index in [1.807, 2.05) is 0 Å². The normalized spacial score (nSPS) is 21.5. The van der Waals surface area contributed by atoms with Crippen molar-refractivity contribution in [2.24, 2.45) is 10.9 Å². The SMILES string of the molecule is CCNC(=NCc1ccc(CN2CCN(CC)CC2)cc1)N(C)CC1CCOC1. The van der Waals surface area contributed by atoms with E-state index in [1.54, 1.807) is 0 Å². The van der Waals surface area contributed by atoms with E-state index in [0.29, 0.717) is 12.5 Å². The molecule has 0 aliphatic carbocycles. The second-order valence-corrected chi connectivity index (χ2v) is 8.31. The highest BCUT2D eigenvalue weighted by molar-refractivity contribution is 5.79. The van der Waals surface area contributed by atoms with Gasteiger partial charge in [0.15, 0.2) is 5.96 Å². The van der Waals surface area contributed by atoms with E-state index in [-0.39, 0.29) is 0 Å². The van der Waals surface area contributed by atoms with Crippen LogP contribution >= 0.6 is 0 Å². The summed E-state index contributed by atoms with van der Waals surface area (Å²) in [5.74, 6) is 1.60. The molecule has 0 aromatic heterocycles. The molecule has 2 fully saturated rings. The zero-order chi connectivity index (χ0) is 20.5. The monoisotopic (exact) mass is 401 g/mol. The number of hydrogen-bond acceptors (Lipinski definition) is 4. The van der Waals surface area contributed by atoms with Gasteiger partial charge in [-0.1, -0.05) is 31.2 Å². The lowest BCUT2D eigenvalue weighted by atomic mass is 10.1. The fourth-order valence-electron chi connectivity index (χ4n) is 4.11. The molecule has 0 spiro atoms. The van der Waals surface area contributed by atoms with Crippen molar-refractivity contribution in [1.82, 2.24) is 20.0 Å². The summed E-state index contributed by atoms with van der Waals surface area (Å²) in [7, 11) is 2.13. The van der Waals surface area contributed by atoms with E-state index in [4.69, 9.17) is 9.73 Å². The Kier molecular flexibility index (Phi) is 8.77. The predicted molar refractivity (Wildman–Crippen MR) is 120 cm³/mol. The van der Waals surface area contributed by atoms with Gasteiger partial charge in [-0.3, -0.25) is 4.90 Å². The molecule has 6 heteroatoms. The highest BCUT2D eigenvalue weighted by Gasteiger charge is 2.19. The van der Waals surface area contributed by atoms with Crippen LogP contribution in [0.5, 0.6) is 0 Å². The van der Waals surface area contributed by atoms with Crippen molar-refractivity contribution in [1.29, 1.82) is 0 Å². The van der Waals surface area contributed by atoms with Crippen LogP contribution in [0.1, 0.15) is 31.4 Å². The standard InChI is InChI=1S/C23H39N5O/c1-4-24-23(26(3)17-22-10-15-29-19-22)25-16-20-6-8-21(9-7-20)18-28-13-11-27(5-2)12-14-28/h6-9,22H,4-5,10-19H2,1-3H3,(H,24,25).